The van der Waals surface area contributed by atoms with Gasteiger partial charge in [0, 0.05) is 29.9 Å². The first-order valence-corrected chi connectivity index (χ1v) is 7.57. The van der Waals surface area contributed by atoms with E-state index < -0.39 is 0 Å². The summed E-state index contributed by atoms with van der Waals surface area (Å²) in [5.41, 5.74) is 2.86. The number of fused-ring (bicyclic) bond motifs is 1. The molecule has 0 spiro atoms. The number of H-pyrrole nitrogens is 1. The van der Waals surface area contributed by atoms with Crippen molar-refractivity contribution in [2.24, 2.45) is 0 Å². The molecule has 1 N–H and O–H groups in total. The molecule has 0 unspecified atom stereocenters. The number of nitrogens with zero attached hydrogens (tertiary/aromatic N) is 1. The van der Waals surface area contributed by atoms with Gasteiger partial charge in [-0.1, -0.05) is 36.4 Å². The SMILES string of the molecule is CC(C)N(Cc1ccccc1)C(=O)c1ccc2cc[nH]c2c1. The molecule has 1 amide bonds. The van der Waals surface area contributed by atoms with Crippen LogP contribution in [0.15, 0.2) is 60.8 Å². The van der Waals surface area contributed by atoms with Crippen LogP contribution in [0.2, 0.25) is 0 Å². The molecule has 0 saturated heterocycles. The first kappa shape index (κ1) is 14.4. The van der Waals surface area contributed by atoms with Crippen LogP contribution in [0.1, 0.15) is 29.8 Å². The Hall–Kier alpha value is -2.55. The summed E-state index contributed by atoms with van der Waals surface area (Å²) in [5.74, 6) is 0.0651. The molecule has 1 heterocycles. The Labute approximate surface area is 130 Å². The predicted octanol–water partition coefficient (Wildman–Crippen LogP) is 4.22. The minimum atomic E-state index is 0.0651. The summed E-state index contributed by atoms with van der Waals surface area (Å²) in [6.45, 7) is 4.72. The molecular formula is C19H20N2O. The van der Waals surface area contributed by atoms with Crippen molar-refractivity contribution in [1.29, 1.82) is 0 Å². The minimum absolute atomic E-state index is 0.0651. The van der Waals surface area contributed by atoms with Gasteiger partial charge in [0.1, 0.15) is 0 Å². The van der Waals surface area contributed by atoms with E-state index >= 15 is 0 Å². The van der Waals surface area contributed by atoms with E-state index in [9.17, 15) is 4.79 Å². The number of benzene rings is 2. The van der Waals surface area contributed by atoms with E-state index in [0.717, 1.165) is 22.0 Å². The number of aromatic amines is 1. The fourth-order valence-corrected chi connectivity index (χ4v) is 2.62. The van der Waals surface area contributed by atoms with Crippen LogP contribution in [-0.2, 0) is 6.54 Å². The topological polar surface area (TPSA) is 36.1 Å². The van der Waals surface area contributed by atoms with Gasteiger partial charge in [-0.15, -0.1) is 0 Å². The third kappa shape index (κ3) is 2.89. The second kappa shape index (κ2) is 6.06. The Morgan fingerprint density at radius 3 is 2.59 bits per heavy atom. The summed E-state index contributed by atoms with van der Waals surface area (Å²) in [6.07, 6.45) is 1.89. The van der Waals surface area contributed by atoms with E-state index in [1.807, 2.05) is 67.4 Å². The Morgan fingerprint density at radius 2 is 1.86 bits per heavy atom. The lowest BCUT2D eigenvalue weighted by molar-refractivity contribution is 0.0690. The van der Waals surface area contributed by atoms with Crippen LogP contribution in [0.25, 0.3) is 10.9 Å². The maximum absolute atomic E-state index is 12.9. The molecule has 0 atom stereocenters. The molecule has 0 aliphatic carbocycles. The molecule has 3 heteroatoms. The van der Waals surface area contributed by atoms with Gasteiger partial charge in [0.15, 0.2) is 0 Å². The van der Waals surface area contributed by atoms with Crippen molar-refractivity contribution in [2.75, 3.05) is 0 Å². The second-order valence-electron chi connectivity index (χ2n) is 5.79. The number of hydrogen-bond donors (Lipinski definition) is 1. The van der Waals surface area contributed by atoms with Gasteiger partial charge >= 0.3 is 0 Å². The first-order chi connectivity index (χ1) is 10.6. The summed E-state index contributed by atoms with van der Waals surface area (Å²) in [5, 5.41) is 1.12. The number of carbonyl (C=O) groups excluding carboxylic acids is 1. The number of amides is 1. The molecule has 1 aromatic heterocycles. The van der Waals surface area contributed by atoms with Gasteiger partial charge in [0.25, 0.3) is 5.91 Å². The average Bonchev–Trinajstić information content (AvgIpc) is 3.00. The molecule has 0 aliphatic rings. The lowest BCUT2D eigenvalue weighted by Gasteiger charge is -2.27. The van der Waals surface area contributed by atoms with Crippen molar-refractivity contribution in [3.8, 4) is 0 Å². The largest absolute Gasteiger partial charge is 0.361 e. The zero-order valence-corrected chi connectivity index (χ0v) is 12.9. The van der Waals surface area contributed by atoms with E-state index in [1.54, 1.807) is 0 Å². The Kier molecular flexibility index (Phi) is 3.96. The van der Waals surface area contributed by atoms with Crippen LogP contribution in [0.3, 0.4) is 0 Å². The highest BCUT2D eigenvalue weighted by molar-refractivity contribution is 5.98. The van der Waals surface area contributed by atoms with E-state index in [1.165, 1.54) is 0 Å². The van der Waals surface area contributed by atoms with Crippen LogP contribution < -0.4 is 0 Å². The van der Waals surface area contributed by atoms with Crippen LogP contribution in [-0.4, -0.2) is 21.8 Å². The molecule has 2 aromatic carbocycles. The summed E-state index contributed by atoms with van der Waals surface area (Å²) in [7, 11) is 0. The van der Waals surface area contributed by atoms with Crippen LogP contribution in [0, 0.1) is 0 Å². The summed E-state index contributed by atoms with van der Waals surface area (Å²) >= 11 is 0. The quantitative estimate of drug-likeness (QED) is 0.768. The molecule has 0 saturated carbocycles. The molecule has 0 bridgehead atoms. The van der Waals surface area contributed by atoms with Crippen LogP contribution >= 0.6 is 0 Å². The third-order valence-corrected chi connectivity index (χ3v) is 3.88. The Morgan fingerprint density at radius 1 is 1.09 bits per heavy atom. The molecule has 0 radical (unpaired) electrons. The van der Waals surface area contributed by atoms with E-state index in [4.69, 9.17) is 0 Å². The standard InChI is InChI=1S/C19H20N2O/c1-14(2)21(13-15-6-4-3-5-7-15)19(22)17-9-8-16-10-11-20-18(16)12-17/h3-12,14,20H,13H2,1-2H3. The van der Waals surface area contributed by atoms with Gasteiger partial charge in [-0.3, -0.25) is 4.79 Å². The third-order valence-electron chi connectivity index (χ3n) is 3.88. The fourth-order valence-electron chi connectivity index (χ4n) is 2.62. The zero-order chi connectivity index (χ0) is 15.5. The zero-order valence-electron chi connectivity index (χ0n) is 12.9. The summed E-state index contributed by atoms with van der Waals surface area (Å²) < 4.78 is 0. The molecule has 3 rings (SSSR count). The highest BCUT2D eigenvalue weighted by Crippen LogP contribution is 2.18. The van der Waals surface area contributed by atoms with Crippen molar-refractivity contribution in [1.82, 2.24) is 9.88 Å². The van der Waals surface area contributed by atoms with Crippen LogP contribution in [0.5, 0.6) is 0 Å². The van der Waals surface area contributed by atoms with Gasteiger partial charge < -0.3 is 9.88 Å². The van der Waals surface area contributed by atoms with Gasteiger partial charge in [-0.05, 0) is 43.0 Å². The van der Waals surface area contributed by atoms with Gasteiger partial charge in [0.2, 0.25) is 0 Å². The normalized spacial score (nSPS) is 11.0. The second-order valence-corrected chi connectivity index (χ2v) is 5.79. The molecule has 3 nitrogen and oxygen atoms in total. The highest BCUT2D eigenvalue weighted by Gasteiger charge is 2.19. The average molecular weight is 292 g/mol. The number of nitrogens with one attached hydrogen (secondary N) is 1. The Bertz CT molecular complexity index is 774. The molecular weight excluding hydrogens is 272 g/mol. The number of carbonyl (C=O) groups is 1. The maximum atomic E-state index is 12.9. The molecule has 0 fully saturated rings. The number of hydrogen-bond acceptors (Lipinski definition) is 1. The first-order valence-electron chi connectivity index (χ1n) is 7.57. The van der Waals surface area contributed by atoms with Crippen LogP contribution in [0.4, 0.5) is 0 Å². The molecule has 22 heavy (non-hydrogen) atoms. The van der Waals surface area contributed by atoms with Crippen molar-refractivity contribution >= 4 is 16.8 Å². The highest BCUT2D eigenvalue weighted by atomic mass is 16.2. The smallest absolute Gasteiger partial charge is 0.254 e. The fraction of sp³-hybridized carbons (Fsp3) is 0.211. The van der Waals surface area contributed by atoms with Crippen molar-refractivity contribution in [3.05, 3.63) is 71.9 Å². The summed E-state index contributed by atoms with van der Waals surface area (Å²) in [6, 6.07) is 18.1. The van der Waals surface area contributed by atoms with Gasteiger partial charge in [0.05, 0.1) is 0 Å². The lowest BCUT2D eigenvalue weighted by atomic mass is 10.1. The van der Waals surface area contributed by atoms with Gasteiger partial charge in [-0.25, -0.2) is 0 Å². The van der Waals surface area contributed by atoms with Crippen molar-refractivity contribution in [3.63, 3.8) is 0 Å². The van der Waals surface area contributed by atoms with Crippen molar-refractivity contribution in [2.45, 2.75) is 26.4 Å². The predicted molar refractivity (Wildman–Crippen MR) is 89.8 cm³/mol. The van der Waals surface area contributed by atoms with E-state index in [2.05, 4.69) is 17.1 Å². The molecule has 0 aliphatic heterocycles. The number of rotatable bonds is 4. The number of aromatic nitrogens is 1. The van der Waals surface area contributed by atoms with E-state index in [0.29, 0.717) is 6.54 Å². The Balaban J connectivity index is 1.88. The monoisotopic (exact) mass is 292 g/mol. The maximum Gasteiger partial charge on any atom is 0.254 e. The summed E-state index contributed by atoms with van der Waals surface area (Å²) in [4.78, 5) is 17.9. The lowest BCUT2D eigenvalue weighted by Crippen LogP contribution is -2.36. The molecule has 3 aromatic rings. The van der Waals surface area contributed by atoms with E-state index in [-0.39, 0.29) is 11.9 Å². The van der Waals surface area contributed by atoms with Gasteiger partial charge in [-0.2, -0.15) is 0 Å². The van der Waals surface area contributed by atoms with Crippen molar-refractivity contribution < 1.29 is 4.79 Å². The molecule has 112 valence electrons. The minimum Gasteiger partial charge on any atom is -0.361 e.